The zero-order valence-electron chi connectivity index (χ0n) is 12.8. The molecule has 4 rings (SSSR count). The van der Waals surface area contributed by atoms with Crippen molar-refractivity contribution in [1.82, 2.24) is 10.3 Å². The van der Waals surface area contributed by atoms with E-state index in [0.29, 0.717) is 6.04 Å². The number of hydrogen-bond acceptors (Lipinski definition) is 4. The molecule has 22 heavy (non-hydrogen) atoms. The normalized spacial score (nSPS) is 23.6. The largest absolute Gasteiger partial charge is 0.497 e. The number of methoxy groups -OCH3 is 1. The lowest BCUT2D eigenvalue weighted by molar-refractivity contribution is 0.415. The molecule has 2 aliphatic rings. The molecule has 1 aromatic heterocycles. The minimum Gasteiger partial charge on any atom is -0.497 e. The highest BCUT2D eigenvalue weighted by molar-refractivity contribution is 5.67. The third kappa shape index (κ3) is 2.55. The predicted molar refractivity (Wildman–Crippen MR) is 88.3 cm³/mol. The molecule has 3 heterocycles. The second-order valence-electron chi connectivity index (χ2n) is 6.27. The lowest BCUT2D eigenvalue weighted by Crippen LogP contribution is -2.41. The van der Waals surface area contributed by atoms with E-state index in [0.717, 1.165) is 36.9 Å². The van der Waals surface area contributed by atoms with E-state index in [1.807, 2.05) is 24.5 Å². The number of benzene rings is 1. The second-order valence-corrected chi connectivity index (χ2v) is 6.27. The van der Waals surface area contributed by atoms with Crippen molar-refractivity contribution in [3.8, 4) is 16.9 Å². The van der Waals surface area contributed by atoms with Crippen LogP contribution >= 0.6 is 0 Å². The second kappa shape index (κ2) is 5.61. The molecule has 0 spiro atoms. The minimum atomic E-state index is 0.642. The van der Waals surface area contributed by atoms with Crippen LogP contribution in [0.25, 0.3) is 11.1 Å². The molecule has 0 aliphatic carbocycles. The molecule has 2 unspecified atom stereocenters. The van der Waals surface area contributed by atoms with Crippen molar-refractivity contribution in [2.45, 2.75) is 12.5 Å². The van der Waals surface area contributed by atoms with Crippen LogP contribution in [0, 0.1) is 5.92 Å². The lowest BCUT2D eigenvalue weighted by Gasteiger charge is -2.32. The van der Waals surface area contributed by atoms with E-state index >= 15 is 0 Å². The molecule has 114 valence electrons. The van der Waals surface area contributed by atoms with Gasteiger partial charge in [-0.05, 0) is 36.1 Å². The van der Waals surface area contributed by atoms with Crippen LogP contribution in [0.3, 0.4) is 0 Å². The molecule has 4 heteroatoms. The van der Waals surface area contributed by atoms with E-state index in [2.05, 4.69) is 33.4 Å². The summed E-state index contributed by atoms with van der Waals surface area (Å²) in [6.07, 6.45) is 5.24. The van der Waals surface area contributed by atoms with Crippen molar-refractivity contribution < 1.29 is 4.74 Å². The van der Waals surface area contributed by atoms with Crippen LogP contribution in [0.4, 0.5) is 5.69 Å². The summed E-state index contributed by atoms with van der Waals surface area (Å²) in [6.45, 7) is 3.38. The van der Waals surface area contributed by atoms with E-state index < -0.39 is 0 Å². The number of hydrogen-bond donors (Lipinski definition) is 1. The number of piperidine rings is 1. The van der Waals surface area contributed by atoms with Crippen molar-refractivity contribution in [1.29, 1.82) is 0 Å². The molecule has 2 aliphatic heterocycles. The Hall–Kier alpha value is -2.07. The number of anilines is 1. The number of nitrogens with one attached hydrogen (secondary N) is 1. The molecule has 1 N–H and O–H groups in total. The van der Waals surface area contributed by atoms with Gasteiger partial charge in [-0.2, -0.15) is 0 Å². The van der Waals surface area contributed by atoms with Gasteiger partial charge in [0.05, 0.1) is 19.0 Å². The van der Waals surface area contributed by atoms with Crippen LogP contribution in [0.1, 0.15) is 6.42 Å². The lowest BCUT2D eigenvalue weighted by atomic mass is 9.99. The molecule has 1 aromatic carbocycles. The average molecular weight is 295 g/mol. The van der Waals surface area contributed by atoms with E-state index in [1.54, 1.807) is 7.11 Å². The zero-order chi connectivity index (χ0) is 14.9. The summed E-state index contributed by atoms with van der Waals surface area (Å²) in [5.74, 6) is 1.66. The van der Waals surface area contributed by atoms with Crippen molar-refractivity contribution in [2.75, 3.05) is 31.6 Å². The highest BCUT2D eigenvalue weighted by Crippen LogP contribution is 2.29. The first kappa shape index (κ1) is 13.6. The molecular weight excluding hydrogens is 274 g/mol. The van der Waals surface area contributed by atoms with Crippen LogP contribution in [0.5, 0.6) is 5.75 Å². The van der Waals surface area contributed by atoms with Gasteiger partial charge in [0, 0.05) is 37.4 Å². The maximum atomic E-state index is 5.22. The number of ether oxygens (including phenoxy) is 1. The van der Waals surface area contributed by atoms with Gasteiger partial charge in [-0.3, -0.25) is 4.98 Å². The van der Waals surface area contributed by atoms with Crippen LogP contribution in [-0.2, 0) is 0 Å². The summed E-state index contributed by atoms with van der Waals surface area (Å²) < 4.78 is 5.22. The topological polar surface area (TPSA) is 37.4 Å². The molecule has 0 saturated carbocycles. The van der Waals surface area contributed by atoms with Gasteiger partial charge < -0.3 is 15.0 Å². The first-order chi connectivity index (χ1) is 10.8. The number of pyridine rings is 1. The predicted octanol–water partition coefficient (Wildman–Crippen LogP) is 2.56. The molecule has 2 atom stereocenters. The van der Waals surface area contributed by atoms with Crippen molar-refractivity contribution in [2.24, 2.45) is 5.92 Å². The molecule has 0 amide bonds. The summed E-state index contributed by atoms with van der Waals surface area (Å²) in [5.41, 5.74) is 3.56. The monoisotopic (exact) mass is 295 g/mol. The SMILES string of the molecule is COc1ccc(-c2cncc(N3CC4CNC(C4)C3)c2)cc1. The maximum Gasteiger partial charge on any atom is 0.118 e. The third-order valence-electron chi connectivity index (χ3n) is 4.74. The summed E-state index contributed by atoms with van der Waals surface area (Å²) in [5, 5.41) is 3.60. The van der Waals surface area contributed by atoms with Crippen LogP contribution in [-0.4, -0.2) is 37.8 Å². The number of rotatable bonds is 3. The number of nitrogens with zero attached hydrogens (tertiary/aromatic N) is 2. The fraction of sp³-hybridized carbons (Fsp3) is 0.389. The van der Waals surface area contributed by atoms with Gasteiger partial charge in [0.1, 0.15) is 5.75 Å². The standard InChI is InChI=1S/C18H21N3O/c1-22-18-4-2-14(3-5-18)15-7-17(10-19-9-15)21-11-13-6-16(12-21)20-8-13/h2-5,7,9-10,13,16,20H,6,8,11-12H2,1H3. The Labute approximate surface area is 131 Å². The highest BCUT2D eigenvalue weighted by atomic mass is 16.5. The fourth-order valence-corrected chi connectivity index (χ4v) is 3.59. The maximum absolute atomic E-state index is 5.22. The third-order valence-corrected chi connectivity index (χ3v) is 4.74. The van der Waals surface area contributed by atoms with Crippen LogP contribution in [0.2, 0.25) is 0 Å². The molecule has 0 radical (unpaired) electrons. The van der Waals surface area contributed by atoms with Crippen LogP contribution in [0.15, 0.2) is 42.7 Å². The molecule has 2 saturated heterocycles. The quantitative estimate of drug-likeness (QED) is 0.944. The highest BCUT2D eigenvalue weighted by Gasteiger charge is 2.32. The smallest absolute Gasteiger partial charge is 0.118 e. The van der Waals surface area contributed by atoms with E-state index in [1.165, 1.54) is 17.7 Å². The van der Waals surface area contributed by atoms with Gasteiger partial charge in [-0.1, -0.05) is 12.1 Å². The fourth-order valence-electron chi connectivity index (χ4n) is 3.59. The summed E-state index contributed by atoms with van der Waals surface area (Å²) >= 11 is 0. The minimum absolute atomic E-state index is 0.642. The zero-order valence-corrected chi connectivity index (χ0v) is 12.8. The first-order valence-electron chi connectivity index (χ1n) is 7.89. The summed E-state index contributed by atoms with van der Waals surface area (Å²) in [7, 11) is 1.69. The van der Waals surface area contributed by atoms with Crippen molar-refractivity contribution in [3.05, 3.63) is 42.7 Å². The van der Waals surface area contributed by atoms with E-state index in [-0.39, 0.29) is 0 Å². The summed E-state index contributed by atoms with van der Waals surface area (Å²) in [4.78, 5) is 6.93. The Morgan fingerprint density at radius 3 is 2.77 bits per heavy atom. The Bertz CT molecular complexity index is 644. The van der Waals surface area contributed by atoms with E-state index in [4.69, 9.17) is 4.74 Å². The molecular formula is C18H21N3O. The molecule has 2 bridgehead atoms. The number of aromatic nitrogens is 1. The van der Waals surface area contributed by atoms with Gasteiger partial charge in [0.2, 0.25) is 0 Å². The van der Waals surface area contributed by atoms with E-state index in [9.17, 15) is 0 Å². The van der Waals surface area contributed by atoms with Gasteiger partial charge in [-0.15, -0.1) is 0 Å². The Balaban J connectivity index is 1.59. The Morgan fingerprint density at radius 2 is 2.00 bits per heavy atom. The molecule has 2 fully saturated rings. The molecule has 2 aromatic rings. The van der Waals surface area contributed by atoms with Gasteiger partial charge in [-0.25, -0.2) is 0 Å². The molecule has 4 nitrogen and oxygen atoms in total. The van der Waals surface area contributed by atoms with Crippen molar-refractivity contribution in [3.63, 3.8) is 0 Å². The number of fused-ring (bicyclic) bond motifs is 2. The summed E-state index contributed by atoms with van der Waals surface area (Å²) in [6, 6.07) is 11.0. The average Bonchev–Trinajstić information content (AvgIpc) is 2.93. The van der Waals surface area contributed by atoms with Crippen LogP contribution < -0.4 is 15.0 Å². The van der Waals surface area contributed by atoms with Gasteiger partial charge >= 0.3 is 0 Å². The Morgan fingerprint density at radius 1 is 1.14 bits per heavy atom. The van der Waals surface area contributed by atoms with Crippen molar-refractivity contribution >= 4 is 5.69 Å². The first-order valence-corrected chi connectivity index (χ1v) is 7.89. The van der Waals surface area contributed by atoms with Gasteiger partial charge in [0.15, 0.2) is 0 Å². The van der Waals surface area contributed by atoms with Gasteiger partial charge in [0.25, 0.3) is 0 Å². The Kier molecular flexibility index (Phi) is 3.47.